The summed E-state index contributed by atoms with van der Waals surface area (Å²) in [5.74, 6) is 0.973. The first-order valence-electron chi connectivity index (χ1n) is 5.40. The average Bonchev–Trinajstić information content (AvgIpc) is 2.27. The van der Waals surface area contributed by atoms with Crippen LogP contribution in [-0.4, -0.2) is 24.9 Å². The molecule has 4 heteroatoms. The van der Waals surface area contributed by atoms with Crippen LogP contribution in [0.3, 0.4) is 0 Å². The topological polar surface area (TPSA) is 67.5 Å². The molecule has 1 unspecified atom stereocenters. The van der Waals surface area contributed by atoms with E-state index in [-0.39, 0.29) is 12.6 Å². The summed E-state index contributed by atoms with van der Waals surface area (Å²) in [6.07, 6.45) is 0. The Hall–Kier alpha value is -1.42. The number of nitrogen functional groups attached to an aromatic ring is 1. The molecule has 0 aliphatic carbocycles. The molecular weight excluding hydrogens is 204 g/mol. The van der Waals surface area contributed by atoms with Gasteiger partial charge in [-0.25, -0.2) is 0 Å². The van der Waals surface area contributed by atoms with Crippen molar-refractivity contribution in [1.29, 1.82) is 0 Å². The van der Waals surface area contributed by atoms with Gasteiger partial charge >= 0.3 is 0 Å². The molecule has 16 heavy (non-hydrogen) atoms. The molecule has 1 aromatic carbocycles. The molecule has 0 aliphatic heterocycles. The van der Waals surface area contributed by atoms with Gasteiger partial charge in [0.05, 0.1) is 31.1 Å². The number of rotatable bonds is 5. The van der Waals surface area contributed by atoms with Gasteiger partial charge in [-0.3, -0.25) is 0 Å². The lowest BCUT2D eigenvalue weighted by Gasteiger charge is -2.22. The van der Waals surface area contributed by atoms with E-state index in [1.165, 1.54) is 0 Å². The fourth-order valence-electron chi connectivity index (χ4n) is 1.47. The predicted octanol–water partition coefficient (Wildman–Crippen LogP) is 1.71. The molecular formula is C12H20N2O2. The summed E-state index contributed by atoms with van der Waals surface area (Å²) in [7, 11) is 1.58. The van der Waals surface area contributed by atoms with E-state index in [9.17, 15) is 5.11 Å². The number of aliphatic hydroxyl groups excluding tert-OH is 1. The maximum absolute atomic E-state index is 9.24. The second-order valence-corrected chi connectivity index (χ2v) is 4.10. The fourth-order valence-corrected chi connectivity index (χ4v) is 1.47. The standard InChI is InChI=1S/C12H20N2O2/c1-8(2)10(7-15)14-9-5-4-6-11(16-3)12(9)13/h4-6,8,10,14-15H,7,13H2,1-3H3. The number of nitrogens with one attached hydrogen (secondary N) is 1. The van der Waals surface area contributed by atoms with Crippen LogP contribution in [0.15, 0.2) is 18.2 Å². The van der Waals surface area contributed by atoms with E-state index in [1.807, 2.05) is 32.0 Å². The molecule has 1 aromatic rings. The molecule has 0 spiro atoms. The monoisotopic (exact) mass is 224 g/mol. The van der Waals surface area contributed by atoms with Crippen molar-refractivity contribution in [3.63, 3.8) is 0 Å². The SMILES string of the molecule is COc1cccc(NC(CO)C(C)C)c1N. The van der Waals surface area contributed by atoms with Crippen molar-refractivity contribution in [2.45, 2.75) is 19.9 Å². The third-order valence-corrected chi connectivity index (χ3v) is 2.63. The van der Waals surface area contributed by atoms with E-state index < -0.39 is 0 Å². The maximum atomic E-state index is 9.24. The summed E-state index contributed by atoms with van der Waals surface area (Å²) in [5, 5.41) is 12.5. The Kier molecular flexibility index (Phi) is 4.43. The summed E-state index contributed by atoms with van der Waals surface area (Å²) in [5.41, 5.74) is 7.30. The van der Waals surface area contributed by atoms with E-state index in [0.717, 1.165) is 5.69 Å². The highest BCUT2D eigenvalue weighted by Gasteiger charge is 2.14. The number of hydrogen-bond donors (Lipinski definition) is 3. The number of para-hydroxylation sites is 1. The average molecular weight is 224 g/mol. The summed E-state index contributed by atoms with van der Waals surface area (Å²) >= 11 is 0. The van der Waals surface area contributed by atoms with Gasteiger partial charge in [0.1, 0.15) is 5.75 Å². The molecule has 0 bridgehead atoms. The Labute approximate surface area is 96.4 Å². The van der Waals surface area contributed by atoms with E-state index in [0.29, 0.717) is 17.4 Å². The van der Waals surface area contributed by atoms with Crippen molar-refractivity contribution in [3.05, 3.63) is 18.2 Å². The Morgan fingerprint density at radius 1 is 1.44 bits per heavy atom. The molecule has 1 rings (SSSR count). The molecule has 1 atom stereocenters. The van der Waals surface area contributed by atoms with Crippen LogP contribution >= 0.6 is 0 Å². The van der Waals surface area contributed by atoms with E-state index in [4.69, 9.17) is 10.5 Å². The Balaban J connectivity index is 2.88. The Morgan fingerprint density at radius 3 is 2.62 bits per heavy atom. The third-order valence-electron chi connectivity index (χ3n) is 2.63. The van der Waals surface area contributed by atoms with Gasteiger partial charge in [-0.05, 0) is 18.1 Å². The zero-order chi connectivity index (χ0) is 12.1. The molecule has 0 aromatic heterocycles. The minimum absolute atomic E-state index is 0.00518. The third kappa shape index (κ3) is 2.79. The molecule has 0 amide bonds. The molecule has 0 radical (unpaired) electrons. The normalized spacial score (nSPS) is 12.6. The van der Waals surface area contributed by atoms with Crippen molar-refractivity contribution in [2.24, 2.45) is 5.92 Å². The van der Waals surface area contributed by atoms with Crippen molar-refractivity contribution in [1.82, 2.24) is 0 Å². The quantitative estimate of drug-likeness (QED) is 0.666. The van der Waals surface area contributed by atoms with Gasteiger partial charge in [0.2, 0.25) is 0 Å². The predicted molar refractivity (Wildman–Crippen MR) is 66.7 cm³/mol. The number of anilines is 2. The lowest BCUT2D eigenvalue weighted by atomic mass is 10.0. The highest BCUT2D eigenvalue weighted by molar-refractivity contribution is 5.73. The molecule has 0 saturated carbocycles. The van der Waals surface area contributed by atoms with Gasteiger partial charge in [-0.2, -0.15) is 0 Å². The van der Waals surface area contributed by atoms with Crippen molar-refractivity contribution in [3.8, 4) is 5.75 Å². The highest BCUT2D eigenvalue weighted by atomic mass is 16.5. The molecule has 4 nitrogen and oxygen atoms in total. The summed E-state index contributed by atoms with van der Waals surface area (Å²) in [4.78, 5) is 0. The van der Waals surface area contributed by atoms with Crippen LogP contribution in [0.4, 0.5) is 11.4 Å². The van der Waals surface area contributed by atoms with Crippen LogP contribution in [0, 0.1) is 5.92 Å². The van der Waals surface area contributed by atoms with Gasteiger partial charge < -0.3 is 20.9 Å². The molecule has 4 N–H and O–H groups in total. The van der Waals surface area contributed by atoms with Gasteiger partial charge in [0, 0.05) is 0 Å². The smallest absolute Gasteiger partial charge is 0.143 e. The van der Waals surface area contributed by atoms with Crippen LogP contribution < -0.4 is 15.8 Å². The molecule has 0 heterocycles. The van der Waals surface area contributed by atoms with Crippen LogP contribution in [-0.2, 0) is 0 Å². The van der Waals surface area contributed by atoms with E-state index in [1.54, 1.807) is 7.11 Å². The van der Waals surface area contributed by atoms with Crippen LogP contribution in [0.25, 0.3) is 0 Å². The second kappa shape index (κ2) is 5.61. The fraction of sp³-hybridized carbons (Fsp3) is 0.500. The van der Waals surface area contributed by atoms with Crippen molar-refractivity contribution >= 4 is 11.4 Å². The lowest BCUT2D eigenvalue weighted by molar-refractivity contribution is 0.249. The zero-order valence-corrected chi connectivity index (χ0v) is 10.0. The van der Waals surface area contributed by atoms with E-state index in [2.05, 4.69) is 5.32 Å². The van der Waals surface area contributed by atoms with E-state index >= 15 is 0 Å². The van der Waals surface area contributed by atoms with Gasteiger partial charge in [0.25, 0.3) is 0 Å². The van der Waals surface area contributed by atoms with Crippen LogP contribution in [0.2, 0.25) is 0 Å². The first-order valence-corrected chi connectivity index (χ1v) is 5.40. The summed E-state index contributed by atoms with van der Waals surface area (Å²) < 4.78 is 5.13. The number of nitrogens with two attached hydrogens (primary N) is 1. The van der Waals surface area contributed by atoms with Crippen molar-refractivity contribution < 1.29 is 9.84 Å². The highest BCUT2D eigenvalue weighted by Crippen LogP contribution is 2.29. The summed E-state index contributed by atoms with van der Waals surface area (Å²) in [6.45, 7) is 4.17. The zero-order valence-electron chi connectivity index (χ0n) is 10.0. The Morgan fingerprint density at radius 2 is 2.12 bits per heavy atom. The molecule has 0 aliphatic rings. The number of aliphatic hydroxyl groups is 1. The maximum Gasteiger partial charge on any atom is 0.143 e. The van der Waals surface area contributed by atoms with Gasteiger partial charge in [-0.1, -0.05) is 19.9 Å². The lowest BCUT2D eigenvalue weighted by Crippen LogP contribution is -2.29. The first kappa shape index (κ1) is 12.6. The van der Waals surface area contributed by atoms with Crippen LogP contribution in [0.1, 0.15) is 13.8 Å². The number of ether oxygens (including phenoxy) is 1. The number of benzene rings is 1. The first-order chi connectivity index (χ1) is 7.60. The largest absolute Gasteiger partial charge is 0.495 e. The van der Waals surface area contributed by atoms with Crippen molar-refractivity contribution in [2.75, 3.05) is 24.8 Å². The minimum atomic E-state index is -0.00518. The second-order valence-electron chi connectivity index (χ2n) is 4.10. The number of hydrogen-bond acceptors (Lipinski definition) is 4. The minimum Gasteiger partial charge on any atom is -0.495 e. The Bertz CT molecular complexity index is 340. The molecule has 90 valence electrons. The van der Waals surface area contributed by atoms with Gasteiger partial charge in [-0.15, -0.1) is 0 Å². The molecule has 0 fully saturated rings. The number of methoxy groups -OCH3 is 1. The molecule has 0 saturated heterocycles. The van der Waals surface area contributed by atoms with Gasteiger partial charge in [0.15, 0.2) is 0 Å². The summed E-state index contributed by atoms with van der Waals surface area (Å²) in [6, 6.07) is 5.55. The van der Waals surface area contributed by atoms with Crippen LogP contribution in [0.5, 0.6) is 5.75 Å².